The molecule has 1 amide bonds. The van der Waals surface area contributed by atoms with Gasteiger partial charge in [-0.05, 0) is 57.5 Å². The number of carbonyl (C=O) groups excluding carboxylic acids is 1. The van der Waals surface area contributed by atoms with E-state index in [2.05, 4.69) is 10.2 Å². The van der Waals surface area contributed by atoms with E-state index in [1.807, 2.05) is 0 Å². The molecule has 2 heterocycles. The van der Waals surface area contributed by atoms with E-state index in [1.165, 1.54) is 38.5 Å². The minimum Gasteiger partial charge on any atom is -0.384 e. The first-order chi connectivity index (χ1) is 10.3. The Kier molecular flexibility index (Phi) is 4.85. The van der Waals surface area contributed by atoms with Crippen LogP contribution in [0.3, 0.4) is 0 Å². The van der Waals surface area contributed by atoms with E-state index in [4.69, 9.17) is 4.74 Å². The second-order valence-electron chi connectivity index (χ2n) is 7.22. The highest BCUT2D eigenvalue weighted by atomic mass is 16.5. The molecule has 21 heavy (non-hydrogen) atoms. The van der Waals surface area contributed by atoms with Crippen molar-refractivity contribution in [1.29, 1.82) is 0 Å². The van der Waals surface area contributed by atoms with Crippen LogP contribution in [0.15, 0.2) is 0 Å². The quantitative estimate of drug-likeness (QED) is 0.864. The average molecular weight is 294 g/mol. The van der Waals surface area contributed by atoms with Gasteiger partial charge in [-0.2, -0.15) is 0 Å². The summed E-state index contributed by atoms with van der Waals surface area (Å²) in [5.74, 6) is 1.15. The third kappa shape index (κ3) is 2.98. The Morgan fingerprint density at radius 3 is 2.57 bits per heavy atom. The maximum atomic E-state index is 13.3. The second kappa shape index (κ2) is 6.66. The molecule has 1 atom stereocenters. The molecule has 0 bridgehead atoms. The van der Waals surface area contributed by atoms with E-state index < -0.39 is 0 Å². The number of hydrogen-bond acceptors (Lipinski definition) is 3. The molecule has 3 rings (SSSR count). The van der Waals surface area contributed by atoms with Gasteiger partial charge in [-0.1, -0.05) is 12.8 Å². The predicted octanol–water partition coefficient (Wildman–Crippen LogP) is 2.18. The molecule has 0 radical (unpaired) electrons. The van der Waals surface area contributed by atoms with Gasteiger partial charge >= 0.3 is 0 Å². The molecule has 4 nitrogen and oxygen atoms in total. The monoisotopic (exact) mass is 294 g/mol. The zero-order chi connectivity index (χ0) is 14.7. The molecule has 120 valence electrons. The average Bonchev–Trinajstić information content (AvgIpc) is 3.18. The summed E-state index contributed by atoms with van der Waals surface area (Å²) in [7, 11) is 1.73. The van der Waals surface area contributed by atoms with Crippen molar-refractivity contribution in [2.75, 3.05) is 33.4 Å². The minimum absolute atomic E-state index is 0.263. The molecule has 0 spiro atoms. The van der Waals surface area contributed by atoms with Crippen LogP contribution in [0, 0.1) is 11.3 Å². The Bertz CT molecular complexity index is 354. The molecule has 0 aromatic heterocycles. The molecule has 3 fully saturated rings. The van der Waals surface area contributed by atoms with Crippen molar-refractivity contribution in [2.24, 2.45) is 11.3 Å². The van der Waals surface area contributed by atoms with E-state index in [0.717, 1.165) is 38.4 Å². The smallest absolute Gasteiger partial charge is 0.231 e. The second-order valence-corrected chi connectivity index (χ2v) is 7.22. The van der Waals surface area contributed by atoms with Crippen molar-refractivity contribution in [2.45, 2.75) is 57.4 Å². The van der Waals surface area contributed by atoms with Crippen molar-refractivity contribution in [1.82, 2.24) is 10.2 Å². The Hall–Kier alpha value is -0.610. The van der Waals surface area contributed by atoms with Crippen LogP contribution < -0.4 is 5.32 Å². The molecule has 0 aromatic rings. The summed E-state index contributed by atoms with van der Waals surface area (Å²) in [5.41, 5.74) is -0.263. The first kappa shape index (κ1) is 15.3. The van der Waals surface area contributed by atoms with Gasteiger partial charge in [0.2, 0.25) is 5.91 Å². The maximum absolute atomic E-state index is 13.3. The third-order valence-corrected chi connectivity index (χ3v) is 5.94. The maximum Gasteiger partial charge on any atom is 0.231 e. The standard InChI is InChI=1S/C17H30N2O2/c1-21-13-17(8-10-18-11-9-17)16(20)19-12-4-7-15(19)14-5-2-3-6-14/h14-15,18H,2-13H2,1H3. The number of hydrogen-bond donors (Lipinski definition) is 1. The Morgan fingerprint density at radius 1 is 1.19 bits per heavy atom. The molecular formula is C17H30N2O2. The van der Waals surface area contributed by atoms with E-state index in [9.17, 15) is 4.79 Å². The number of amides is 1. The third-order valence-electron chi connectivity index (χ3n) is 5.94. The van der Waals surface area contributed by atoms with Gasteiger partial charge in [0.1, 0.15) is 0 Å². The van der Waals surface area contributed by atoms with Gasteiger partial charge in [0.25, 0.3) is 0 Å². The molecule has 1 N–H and O–H groups in total. The van der Waals surface area contributed by atoms with Gasteiger partial charge in [-0.25, -0.2) is 0 Å². The SMILES string of the molecule is COCC1(C(=O)N2CCCC2C2CCCC2)CCNCC1. The van der Waals surface area contributed by atoms with Gasteiger partial charge in [-0.3, -0.25) is 4.79 Å². The van der Waals surface area contributed by atoms with E-state index in [0.29, 0.717) is 18.6 Å². The molecule has 1 unspecified atom stereocenters. The first-order valence-electron chi connectivity index (χ1n) is 8.77. The summed E-state index contributed by atoms with van der Waals surface area (Å²) in [4.78, 5) is 15.5. The van der Waals surface area contributed by atoms with Crippen molar-refractivity contribution < 1.29 is 9.53 Å². The highest BCUT2D eigenvalue weighted by molar-refractivity contribution is 5.83. The zero-order valence-corrected chi connectivity index (χ0v) is 13.4. The molecule has 4 heteroatoms. The zero-order valence-electron chi connectivity index (χ0n) is 13.4. The summed E-state index contributed by atoms with van der Waals surface area (Å²) in [6.07, 6.45) is 9.63. The summed E-state index contributed by atoms with van der Waals surface area (Å²) >= 11 is 0. The van der Waals surface area contributed by atoms with Crippen LogP contribution in [0.25, 0.3) is 0 Å². The molecule has 1 saturated carbocycles. The Balaban J connectivity index is 1.74. The first-order valence-corrected chi connectivity index (χ1v) is 8.77. The summed E-state index contributed by atoms with van der Waals surface area (Å²) in [6.45, 7) is 3.44. The van der Waals surface area contributed by atoms with Crippen molar-refractivity contribution >= 4 is 5.91 Å². The lowest BCUT2D eigenvalue weighted by Crippen LogP contribution is -2.53. The van der Waals surface area contributed by atoms with Gasteiger partial charge in [0, 0.05) is 19.7 Å². The summed E-state index contributed by atoms with van der Waals surface area (Å²) in [6, 6.07) is 0.517. The van der Waals surface area contributed by atoms with Crippen LogP contribution in [-0.2, 0) is 9.53 Å². The van der Waals surface area contributed by atoms with E-state index in [-0.39, 0.29) is 5.41 Å². The number of nitrogens with zero attached hydrogens (tertiary/aromatic N) is 1. The Morgan fingerprint density at radius 2 is 1.90 bits per heavy atom. The highest BCUT2D eigenvalue weighted by Crippen LogP contribution is 2.39. The number of nitrogens with one attached hydrogen (secondary N) is 1. The van der Waals surface area contributed by atoms with Crippen LogP contribution in [0.4, 0.5) is 0 Å². The summed E-state index contributed by atoms with van der Waals surface area (Å²) in [5, 5.41) is 3.38. The lowest BCUT2D eigenvalue weighted by molar-refractivity contribution is -0.149. The lowest BCUT2D eigenvalue weighted by Gasteiger charge is -2.41. The van der Waals surface area contributed by atoms with Crippen molar-refractivity contribution in [3.8, 4) is 0 Å². The normalized spacial score (nSPS) is 30.0. The van der Waals surface area contributed by atoms with Crippen molar-refractivity contribution in [3.05, 3.63) is 0 Å². The van der Waals surface area contributed by atoms with Crippen LogP contribution >= 0.6 is 0 Å². The topological polar surface area (TPSA) is 41.6 Å². The van der Waals surface area contributed by atoms with Crippen LogP contribution in [0.2, 0.25) is 0 Å². The number of rotatable bonds is 4. The predicted molar refractivity (Wildman–Crippen MR) is 83.1 cm³/mol. The number of methoxy groups -OCH3 is 1. The number of carbonyl (C=O) groups is 1. The van der Waals surface area contributed by atoms with Gasteiger partial charge in [-0.15, -0.1) is 0 Å². The van der Waals surface area contributed by atoms with Crippen LogP contribution in [0.1, 0.15) is 51.4 Å². The molecule has 2 saturated heterocycles. The highest BCUT2D eigenvalue weighted by Gasteiger charge is 2.46. The van der Waals surface area contributed by atoms with Gasteiger partial charge < -0.3 is 15.0 Å². The van der Waals surface area contributed by atoms with E-state index >= 15 is 0 Å². The van der Waals surface area contributed by atoms with Crippen LogP contribution in [0.5, 0.6) is 0 Å². The number of ether oxygens (including phenoxy) is 1. The van der Waals surface area contributed by atoms with Crippen LogP contribution in [-0.4, -0.2) is 50.2 Å². The molecule has 3 aliphatic rings. The van der Waals surface area contributed by atoms with Crippen molar-refractivity contribution in [3.63, 3.8) is 0 Å². The fourth-order valence-corrected chi connectivity index (χ4v) is 4.78. The molecule has 0 aromatic carbocycles. The summed E-state index contributed by atoms with van der Waals surface area (Å²) < 4.78 is 5.45. The minimum atomic E-state index is -0.263. The van der Waals surface area contributed by atoms with Gasteiger partial charge in [0.15, 0.2) is 0 Å². The number of likely N-dealkylation sites (tertiary alicyclic amines) is 1. The lowest BCUT2D eigenvalue weighted by atomic mass is 9.77. The number of piperidine rings is 1. The fourth-order valence-electron chi connectivity index (χ4n) is 4.78. The van der Waals surface area contributed by atoms with E-state index in [1.54, 1.807) is 7.11 Å². The van der Waals surface area contributed by atoms with Gasteiger partial charge in [0.05, 0.1) is 12.0 Å². The molecular weight excluding hydrogens is 264 g/mol. The fraction of sp³-hybridized carbons (Fsp3) is 0.941. The largest absolute Gasteiger partial charge is 0.384 e. The molecule has 2 aliphatic heterocycles. The Labute approximate surface area is 128 Å². The molecule has 1 aliphatic carbocycles.